The third kappa shape index (κ3) is 4.74. The standard InChI is InChI=1S/C25H28N4O4/c1-15-12-13-29(32)17(3)22(15)18-8-10-20(11-9-18)26-25(31)23(19-6-4-5-7-19)27-24(30)21-14-33-28-16(21)2/h8-14,19,23H,4-7H2,1-3H3,(H,26,31)(H,27,30)/t23-/m0/s1. The van der Waals surface area contributed by atoms with Gasteiger partial charge in [0.2, 0.25) is 5.91 Å². The largest absolute Gasteiger partial charge is 0.618 e. The number of carbonyl (C=O) groups excluding carboxylic acids is 2. The minimum atomic E-state index is -0.646. The van der Waals surface area contributed by atoms with E-state index in [9.17, 15) is 14.8 Å². The Morgan fingerprint density at radius 3 is 2.45 bits per heavy atom. The molecule has 0 radical (unpaired) electrons. The molecule has 4 rings (SSSR count). The smallest absolute Gasteiger partial charge is 0.257 e. The van der Waals surface area contributed by atoms with Crippen molar-refractivity contribution in [3.63, 3.8) is 0 Å². The molecular weight excluding hydrogens is 420 g/mol. The minimum Gasteiger partial charge on any atom is -0.618 e. The number of hydrogen-bond donors (Lipinski definition) is 2. The first-order valence-corrected chi connectivity index (χ1v) is 11.2. The fourth-order valence-electron chi connectivity index (χ4n) is 4.56. The zero-order valence-electron chi connectivity index (χ0n) is 19.1. The van der Waals surface area contributed by atoms with Gasteiger partial charge in [-0.1, -0.05) is 30.1 Å². The Labute approximate surface area is 192 Å². The summed E-state index contributed by atoms with van der Waals surface area (Å²) in [6, 6.07) is 8.53. The molecular formula is C25H28N4O4. The van der Waals surface area contributed by atoms with E-state index >= 15 is 0 Å². The molecule has 1 aromatic carbocycles. The second-order valence-electron chi connectivity index (χ2n) is 8.66. The Morgan fingerprint density at radius 1 is 1.12 bits per heavy atom. The Morgan fingerprint density at radius 2 is 1.82 bits per heavy atom. The molecule has 0 saturated heterocycles. The lowest BCUT2D eigenvalue weighted by molar-refractivity contribution is -0.611. The van der Waals surface area contributed by atoms with Crippen LogP contribution in [0.2, 0.25) is 0 Å². The molecule has 172 valence electrons. The summed E-state index contributed by atoms with van der Waals surface area (Å²) in [5, 5.41) is 21.6. The number of rotatable bonds is 6. The van der Waals surface area contributed by atoms with Gasteiger partial charge in [-0.3, -0.25) is 9.59 Å². The van der Waals surface area contributed by atoms with Crippen LogP contribution in [0.15, 0.2) is 47.3 Å². The number of nitrogens with zero attached hydrogens (tertiary/aromatic N) is 2. The van der Waals surface area contributed by atoms with Crippen molar-refractivity contribution in [1.29, 1.82) is 0 Å². The fourth-order valence-corrected chi connectivity index (χ4v) is 4.56. The quantitative estimate of drug-likeness (QED) is 0.440. The van der Waals surface area contributed by atoms with Crippen molar-refractivity contribution in [3.05, 3.63) is 70.5 Å². The maximum Gasteiger partial charge on any atom is 0.257 e. The van der Waals surface area contributed by atoms with Crippen molar-refractivity contribution in [1.82, 2.24) is 10.5 Å². The topological polar surface area (TPSA) is 111 Å². The third-order valence-electron chi connectivity index (χ3n) is 6.42. The maximum absolute atomic E-state index is 13.2. The van der Waals surface area contributed by atoms with Gasteiger partial charge in [0.1, 0.15) is 17.9 Å². The second-order valence-corrected chi connectivity index (χ2v) is 8.66. The predicted molar refractivity (Wildman–Crippen MR) is 123 cm³/mol. The van der Waals surface area contributed by atoms with Gasteiger partial charge in [-0.2, -0.15) is 4.73 Å². The molecule has 2 N–H and O–H groups in total. The molecule has 1 aliphatic carbocycles. The SMILES string of the molecule is Cc1cc[n+]([O-])c(C)c1-c1ccc(NC(=O)[C@@H](NC(=O)c2conc2C)C2CCCC2)cc1. The Balaban J connectivity index is 1.51. The average molecular weight is 449 g/mol. The van der Waals surface area contributed by atoms with E-state index in [1.165, 1.54) is 12.5 Å². The molecule has 33 heavy (non-hydrogen) atoms. The van der Waals surface area contributed by atoms with Crippen LogP contribution in [0.25, 0.3) is 11.1 Å². The van der Waals surface area contributed by atoms with Crippen LogP contribution in [0, 0.1) is 31.9 Å². The number of carbonyl (C=O) groups is 2. The number of nitrogens with one attached hydrogen (secondary N) is 2. The summed E-state index contributed by atoms with van der Waals surface area (Å²) in [6.45, 7) is 5.44. The van der Waals surface area contributed by atoms with Crippen LogP contribution in [0.4, 0.5) is 5.69 Å². The normalized spacial score (nSPS) is 14.8. The molecule has 1 atom stereocenters. The first-order chi connectivity index (χ1) is 15.8. The minimum absolute atomic E-state index is 0.0792. The van der Waals surface area contributed by atoms with E-state index < -0.39 is 6.04 Å². The van der Waals surface area contributed by atoms with Gasteiger partial charge in [-0.15, -0.1) is 0 Å². The van der Waals surface area contributed by atoms with E-state index in [4.69, 9.17) is 4.52 Å². The highest BCUT2D eigenvalue weighted by Gasteiger charge is 2.33. The lowest BCUT2D eigenvalue weighted by Gasteiger charge is -2.24. The number of aryl methyl sites for hydroxylation is 2. The van der Waals surface area contributed by atoms with Gasteiger partial charge in [-0.05, 0) is 55.9 Å². The summed E-state index contributed by atoms with van der Waals surface area (Å²) in [6.07, 6.45) is 6.67. The van der Waals surface area contributed by atoms with Gasteiger partial charge in [0, 0.05) is 18.7 Å². The van der Waals surface area contributed by atoms with Gasteiger partial charge in [0.25, 0.3) is 5.91 Å². The van der Waals surface area contributed by atoms with Crippen LogP contribution in [0.1, 0.15) is 53.0 Å². The lowest BCUT2D eigenvalue weighted by Crippen LogP contribution is -2.48. The highest BCUT2D eigenvalue weighted by Crippen LogP contribution is 2.30. The van der Waals surface area contributed by atoms with Gasteiger partial charge >= 0.3 is 0 Å². The summed E-state index contributed by atoms with van der Waals surface area (Å²) in [4.78, 5) is 25.9. The Bertz CT molecular complexity index is 1160. The molecule has 1 aliphatic rings. The van der Waals surface area contributed by atoms with E-state index in [0.717, 1.165) is 47.1 Å². The van der Waals surface area contributed by atoms with E-state index in [0.29, 0.717) is 22.6 Å². The molecule has 1 fully saturated rings. The first-order valence-electron chi connectivity index (χ1n) is 11.2. The summed E-state index contributed by atoms with van der Waals surface area (Å²) in [5.74, 6) is -0.533. The molecule has 3 aromatic rings. The van der Waals surface area contributed by atoms with Gasteiger partial charge in [0.15, 0.2) is 11.9 Å². The van der Waals surface area contributed by atoms with Crippen LogP contribution in [-0.2, 0) is 4.79 Å². The summed E-state index contributed by atoms with van der Waals surface area (Å²) in [7, 11) is 0. The number of hydrogen-bond acceptors (Lipinski definition) is 5. The van der Waals surface area contributed by atoms with Gasteiger partial charge in [-0.25, -0.2) is 0 Å². The van der Waals surface area contributed by atoms with E-state index in [2.05, 4.69) is 15.8 Å². The predicted octanol–water partition coefficient (Wildman–Crippen LogP) is 3.83. The van der Waals surface area contributed by atoms with E-state index in [1.807, 2.05) is 31.2 Å². The summed E-state index contributed by atoms with van der Waals surface area (Å²) >= 11 is 0. The first kappa shape index (κ1) is 22.5. The molecule has 0 spiro atoms. The molecule has 2 aromatic heterocycles. The van der Waals surface area contributed by atoms with Gasteiger partial charge in [0.05, 0.1) is 11.3 Å². The van der Waals surface area contributed by atoms with Crippen LogP contribution < -0.4 is 15.4 Å². The molecule has 1 saturated carbocycles. The zero-order valence-corrected chi connectivity index (χ0v) is 19.1. The molecule has 0 aliphatic heterocycles. The highest BCUT2D eigenvalue weighted by atomic mass is 16.5. The third-order valence-corrected chi connectivity index (χ3v) is 6.42. The van der Waals surface area contributed by atoms with Crippen molar-refractivity contribution >= 4 is 17.5 Å². The molecule has 2 heterocycles. The molecule has 0 bridgehead atoms. The number of benzene rings is 1. The van der Waals surface area contributed by atoms with Crippen LogP contribution in [-0.4, -0.2) is 23.0 Å². The molecule has 8 nitrogen and oxygen atoms in total. The maximum atomic E-state index is 13.2. The van der Waals surface area contributed by atoms with E-state index in [-0.39, 0.29) is 17.7 Å². The molecule has 8 heteroatoms. The van der Waals surface area contributed by atoms with Crippen LogP contribution in [0.5, 0.6) is 0 Å². The van der Waals surface area contributed by atoms with Crippen molar-refractivity contribution in [2.24, 2.45) is 5.92 Å². The Kier molecular flexibility index (Phi) is 6.44. The van der Waals surface area contributed by atoms with Crippen LogP contribution >= 0.6 is 0 Å². The van der Waals surface area contributed by atoms with E-state index in [1.54, 1.807) is 19.9 Å². The molecule has 0 unspecified atom stereocenters. The van der Waals surface area contributed by atoms with Crippen molar-refractivity contribution < 1.29 is 18.8 Å². The van der Waals surface area contributed by atoms with Crippen LogP contribution in [0.3, 0.4) is 0 Å². The average Bonchev–Trinajstić information content (AvgIpc) is 3.48. The Hall–Kier alpha value is -3.68. The number of anilines is 1. The second kappa shape index (κ2) is 9.44. The summed E-state index contributed by atoms with van der Waals surface area (Å²) < 4.78 is 5.72. The number of aromatic nitrogens is 2. The molecule has 2 amide bonds. The fraction of sp³-hybridized carbons (Fsp3) is 0.360. The summed E-state index contributed by atoms with van der Waals surface area (Å²) in [5.41, 5.74) is 4.86. The lowest BCUT2D eigenvalue weighted by atomic mass is 9.96. The monoisotopic (exact) mass is 448 g/mol. The number of pyridine rings is 1. The number of amides is 2. The van der Waals surface area contributed by atoms with Crippen molar-refractivity contribution in [2.75, 3.05) is 5.32 Å². The van der Waals surface area contributed by atoms with Crippen molar-refractivity contribution in [2.45, 2.75) is 52.5 Å². The van der Waals surface area contributed by atoms with Crippen molar-refractivity contribution in [3.8, 4) is 11.1 Å². The zero-order chi connectivity index (χ0) is 23.5. The highest BCUT2D eigenvalue weighted by molar-refractivity contribution is 6.01. The van der Waals surface area contributed by atoms with Gasteiger partial charge < -0.3 is 20.4 Å².